The highest BCUT2D eigenvalue weighted by molar-refractivity contribution is 7.47. The van der Waals surface area contributed by atoms with Crippen LogP contribution in [0.4, 0.5) is 0 Å². The van der Waals surface area contributed by atoms with Gasteiger partial charge in [-0.3, -0.25) is 37.3 Å². The van der Waals surface area contributed by atoms with E-state index in [1.54, 1.807) is 0 Å². The molecular weight excluding hydrogens is 1260 g/mol. The summed E-state index contributed by atoms with van der Waals surface area (Å²) in [6, 6.07) is 0. The molecule has 0 saturated heterocycles. The predicted molar refractivity (Wildman–Crippen MR) is 391 cm³/mol. The third-order valence-corrected chi connectivity index (χ3v) is 19.7. The van der Waals surface area contributed by atoms with Gasteiger partial charge in [-0.25, -0.2) is 9.13 Å². The van der Waals surface area contributed by atoms with E-state index in [9.17, 15) is 43.2 Å². The molecule has 0 aromatic rings. The van der Waals surface area contributed by atoms with Gasteiger partial charge in [0.15, 0.2) is 12.2 Å². The molecule has 19 heteroatoms. The number of phosphoric acid groups is 2. The maximum atomic E-state index is 13.1. The summed E-state index contributed by atoms with van der Waals surface area (Å²) in [5, 5.41) is 10.6. The van der Waals surface area contributed by atoms with Crippen molar-refractivity contribution in [3.8, 4) is 0 Å². The van der Waals surface area contributed by atoms with Gasteiger partial charge in [-0.2, -0.15) is 0 Å². The van der Waals surface area contributed by atoms with E-state index in [-0.39, 0.29) is 25.7 Å². The third-order valence-electron chi connectivity index (χ3n) is 17.8. The van der Waals surface area contributed by atoms with Crippen molar-refractivity contribution in [2.75, 3.05) is 39.6 Å². The number of aliphatic hydroxyl groups excluding tert-OH is 1. The van der Waals surface area contributed by atoms with Crippen LogP contribution in [0.5, 0.6) is 0 Å². The molecular formula is C77H146O17P2. The fourth-order valence-corrected chi connectivity index (χ4v) is 12.9. The Morgan fingerprint density at radius 3 is 0.885 bits per heavy atom. The van der Waals surface area contributed by atoms with Crippen LogP contribution in [0.1, 0.15) is 381 Å². The van der Waals surface area contributed by atoms with Crippen molar-refractivity contribution in [1.82, 2.24) is 0 Å². The summed E-state index contributed by atoms with van der Waals surface area (Å²) in [5.74, 6) is -1.34. The SMILES string of the molecule is CCCCCC/C=C\C=C/CCCCCCCC(=O)OC[C@H](COP(=O)(O)OC[C@@H](O)COP(=O)(O)OC[C@@H](COC(=O)CCCCCCCCCCCC)OC(=O)CCCCCCCCCCCCC(C)CC)OC(=O)CCCCCCCCCCCCCCCCCCC. The molecule has 0 saturated carbocycles. The molecule has 0 bridgehead atoms. The van der Waals surface area contributed by atoms with Gasteiger partial charge in [0.25, 0.3) is 0 Å². The van der Waals surface area contributed by atoms with Crippen LogP contribution in [0.2, 0.25) is 0 Å². The lowest BCUT2D eigenvalue weighted by atomic mass is 9.99. The van der Waals surface area contributed by atoms with Crippen molar-refractivity contribution >= 4 is 39.5 Å². The first kappa shape index (κ1) is 93.5. The molecule has 0 aliphatic carbocycles. The van der Waals surface area contributed by atoms with E-state index >= 15 is 0 Å². The molecule has 0 radical (unpaired) electrons. The Hall–Kier alpha value is -2.46. The number of ether oxygens (including phenoxy) is 4. The third kappa shape index (κ3) is 68.7. The predicted octanol–water partition coefficient (Wildman–Crippen LogP) is 22.4. The molecule has 566 valence electrons. The van der Waals surface area contributed by atoms with E-state index in [4.69, 9.17) is 37.0 Å². The number of hydrogen-bond donors (Lipinski definition) is 3. The summed E-state index contributed by atoms with van der Waals surface area (Å²) in [5.41, 5.74) is 0. The molecule has 0 aliphatic heterocycles. The van der Waals surface area contributed by atoms with Crippen molar-refractivity contribution < 1.29 is 80.2 Å². The van der Waals surface area contributed by atoms with Crippen LogP contribution in [0.25, 0.3) is 0 Å². The Kier molecular flexibility index (Phi) is 67.8. The van der Waals surface area contributed by atoms with Gasteiger partial charge in [-0.15, -0.1) is 0 Å². The summed E-state index contributed by atoms with van der Waals surface area (Å²) in [6.45, 7) is 7.25. The van der Waals surface area contributed by atoms with Gasteiger partial charge in [0.05, 0.1) is 26.4 Å². The van der Waals surface area contributed by atoms with Crippen LogP contribution in [0.15, 0.2) is 24.3 Å². The minimum Gasteiger partial charge on any atom is -0.462 e. The largest absolute Gasteiger partial charge is 0.472 e. The second-order valence-electron chi connectivity index (χ2n) is 27.3. The molecule has 0 spiro atoms. The number of allylic oxidation sites excluding steroid dienone is 4. The van der Waals surface area contributed by atoms with Crippen LogP contribution in [0, 0.1) is 5.92 Å². The quantitative estimate of drug-likeness (QED) is 0.0169. The number of esters is 4. The average molecular weight is 1410 g/mol. The molecule has 0 fully saturated rings. The number of aliphatic hydroxyl groups is 1. The van der Waals surface area contributed by atoms with Crippen molar-refractivity contribution in [1.29, 1.82) is 0 Å². The van der Waals surface area contributed by atoms with Gasteiger partial charge in [-0.1, -0.05) is 329 Å². The molecule has 0 aromatic heterocycles. The minimum atomic E-state index is -4.96. The van der Waals surface area contributed by atoms with E-state index in [0.29, 0.717) is 25.7 Å². The molecule has 0 aliphatic rings. The number of hydrogen-bond acceptors (Lipinski definition) is 15. The molecule has 6 atom stereocenters. The minimum absolute atomic E-state index is 0.102. The molecule has 96 heavy (non-hydrogen) atoms. The molecule has 3 unspecified atom stereocenters. The van der Waals surface area contributed by atoms with Crippen molar-refractivity contribution in [3.63, 3.8) is 0 Å². The van der Waals surface area contributed by atoms with Gasteiger partial charge < -0.3 is 33.8 Å². The Balaban J connectivity index is 5.28. The number of phosphoric ester groups is 2. The zero-order chi connectivity index (χ0) is 70.5. The molecule has 3 N–H and O–H groups in total. The van der Waals surface area contributed by atoms with Gasteiger partial charge in [-0.05, 0) is 57.3 Å². The fraction of sp³-hybridized carbons (Fsp3) is 0.896. The zero-order valence-electron chi connectivity index (χ0n) is 62.0. The van der Waals surface area contributed by atoms with Crippen LogP contribution in [-0.2, 0) is 65.4 Å². The highest BCUT2D eigenvalue weighted by Gasteiger charge is 2.30. The van der Waals surface area contributed by atoms with E-state index in [2.05, 4.69) is 58.9 Å². The second kappa shape index (κ2) is 69.6. The van der Waals surface area contributed by atoms with Crippen molar-refractivity contribution in [2.24, 2.45) is 5.92 Å². The maximum absolute atomic E-state index is 13.1. The van der Waals surface area contributed by atoms with Gasteiger partial charge in [0, 0.05) is 25.7 Å². The van der Waals surface area contributed by atoms with Crippen LogP contribution < -0.4 is 0 Å². The summed E-state index contributed by atoms with van der Waals surface area (Å²) in [6.07, 6.45) is 61.7. The molecule has 0 heterocycles. The lowest BCUT2D eigenvalue weighted by Crippen LogP contribution is -2.30. The van der Waals surface area contributed by atoms with E-state index in [1.165, 1.54) is 186 Å². The summed E-state index contributed by atoms with van der Waals surface area (Å²) in [7, 11) is -9.92. The van der Waals surface area contributed by atoms with E-state index in [1.807, 2.05) is 0 Å². The zero-order valence-corrected chi connectivity index (χ0v) is 63.8. The normalized spacial score (nSPS) is 14.4. The van der Waals surface area contributed by atoms with Crippen molar-refractivity contribution in [3.05, 3.63) is 24.3 Å². The topological polar surface area (TPSA) is 237 Å². The van der Waals surface area contributed by atoms with Crippen molar-refractivity contribution in [2.45, 2.75) is 400 Å². The molecule has 0 amide bonds. The summed E-state index contributed by atoms with van der Waals surface area (Å²) in [4.78, 5) is 72.8. The number of rotatable bonds is 75. The fourth-order valence-electron chi connectivity index (χ4n) is 11.3. The Bertz CT molecular complexity index is 1940. The van der Waals surface area contributed by atoms with E-state index < -0.39 is 97.5 Å². The molecule has 17 nitrogen and oxygen atoms in total. The van der Waals surface area contributed by atoms with Gasteiger partial charge in [0.1, 0.15) is 19.3 Å². The second-order valence-corrected chi connectivity index (χ2v) is 30.2. The first-order valence-corrected chi connectivity index (χ1v) is 42.5. The standard InChI is InChI=1S/C77H146O17P2/c1-6-10-13-16-19-22-25-27-29-30-32-34-36-42-47-52-57-62-76(81)93-73(67-88-75(80)61-56-51-46-41-35-33-31-28-26-23-20-17-14-11-7-2)69-92-96(85,86)90-65-71(78)64-89-95(83,84)91-68-72(66-87-74(79)60-55-50-45-40-24-21-18-15-12-8-3)94-77(82)63-58-53-48-43-38-37-39-44-49-54-59-70(5)9-4/h23,26,28,31,70-73,78H,6-22,24-25,27,29-30,32-69H2,1-5H3,(H,83,84)(H,85,86)/b26-23-,31-28-/t70?,71-,72+,73+/m0/s1. The Labute approximate surface area is 586 Å². The van der Waals surface area contributed by atoms with E-state index in [0.717, 1.165) is 115 Å². The summed E-state index contributed by atoms with van der Waals surface area (Å²) < 4.78 is 68.5. The lowest BCUT2D eigenvalue weighted by molar-refractivity contribution is -0.161. The highest BCUT2D eigenvalue weighted by atomic mass is 31.2. The highest BCUT2D eigenvalue weighted by Crippen LogP contribution is 2.45. The Morgan fingerprint density at radius 2 is 0.583 bits per heavy atom. The van der Waals surface area contributed by atoms with Crippen LogP contribution in [0.3, 0.4) is 0 Å². The summed E-state index contributed by atoms with van der Waals surface area (Å²) >= 11 is 0. The first-order valence-electron chi connectivity index (χ1n) is 39.5. The smallest absolute Gasteiger partial charge is 0.462 e. The van der Waals surface area contributed by atoms with Crippen LogP contribution in [-0.4, -0.2) is 96.7 Å². The number of unbranched alkanes of at least 4 members (excludes halogenated alkanes) is 43. The molecule has 0 rings (SSSR count). The molecule has 0 aromatic carbocycles. The Morgan fingerprint density at radius 1 is 0.333 bits per heavy atom. The first-order chi connectivity index (χ1) is 46.6. The number of carbonyl (C=O) groups is 4. The average Bonchev–Trinajstić information content (AvgIpc) is 1.30. The van der Waals surface area contributed by atoms with Crippen LogP contribution >= 0.6 is 15.6 Å². The van der Waals surface area contributed by atoms with Gasteiger partial charge >= 0.3 is 39.5 Å². The van der Waals surface area contributed by atoms with Gasteiger partial charge in [0.2, 0.25) is 0 Å². The lowest BCUT2D eigenvalue weighted by Gasteiger charge is -2.21. The number of carbonyl (C=O) groups excluding carboxylic acids is 4. The maximum Gasteiger partial charge on any atom is 0.472 e. The monoisotopic (exact) mass is 1410 g/mol.